The number of piperidine rings is 1. The second-order valence-corrected chi connectivity index (χ2v) is 5.79. The predicted octanol–water partition coefficient (Wildman–Crippen LogP) is 1.09. The second-order valence-electron chi connectivity index (χ2n) is 5.79. The van der Waals surface area contributed by atoms with Crippen LogP contribution in [0.2, 0.25) is 0 Å². The van der Waals surface area contributed by atoms with Crippen molar-refractivity contribution >= 4 is 11.8 Å². The van der Waals surface area contributed by atoms with E-state index in [0.717, 1.165) is 25.8 Å². The van der Waals surface area contributed by atoms with Crippen LogP contribution >= 0.6 is 0 Å². The summed E-state index contributed by atoms with van der Waals surface area (Å²) in [5.41, 5.74) is 0.565. The van der Waals surface area contributed by atoms with Crippen molar-refractivity contribution < 1.29 is 9.59 Å². The molecule has 0 N–H and O–H groups in total. The molecule has 1 aromatic rings. The molecule has 0 aliphatic carbocycles. The minimum absolute atomic E-state index is 0.00659. The molecule has 0 atom stereocenters. The average Bonchev–Trinajstić information content (AvgIpc) is 2.84. The van der Waals surface area contributed by atoms with Crippen molar-refractivity contribution in [3.8, 4) is 0 Å². The van der Waals surface area contributed by atoms with Crippen molar-refractivity contribution in [1.29, 1.82) is 0 Å². The monoisotopic (exact) mass is 288 g/mol. The Labute approximate surface area is 124 Å². The molecule has 21 heavy (non-hydrogen) atoms. The van der Waals surface area contributed by atoms with Crippen LogP contribution in [0, 0.1) is 0 Å². The van der Waals surface area contributed by atoms with Gasteiger partial charge in [-0.15, -0.1) is 0 Å². The van der Waals surface area contributed by atoms with Crippen molar-refractivity contribution in [1.82, 2.24) is 20.0 Å². The van der Waals surface area contributed by atoms with Gasteiger partial charge in [0.15, 0.2) is 0 Å². The number of hydrogen-bond donors (Lipinski definition) is 0. The fraction of sp³-hybridized carbons (Fsp3) is 0.600. The van der Waals surface area contributed by atoms with Crippen molar-refractivity contribution in [3.05, 3.63) is 24.0 Å². The molecule has 0 saturated carbocycles. The van der Waals surface area contributed by atoms with Gasteiger partial charge in [0.2, 0.25) is 5.91 Å². The maximum atomic E-state index is 12.4. The number of nitrogens with zero attached hydrogens (tertiary/aromatic N) is 4. The Balaban J connectivity index is 1.68. The number of hydrogen-bond acceptors (Lipinski definition) is 4. The third-order valence-corrected chi connectivity index (χ3v) is 4.81. The lowest BCUT2D eigenvalue weighted by atomic mass is 9.85. The van der Waals surface area contributed by atoms with Crippen LogP contribution < -0.4 is 0 Å². The van der Waals surface area contributed by atoms with E-state index in [1.165, 1.54) is 12.4 Å². The van der Waals surface area contributed by atoms with E-state index < -0.39 is 0 Å². The lowest BCUT2D eigenvalue weighted by molar-refractivity contribution is -0.132. The highest BCUT2D eigenvalue weighted by atomic mass is 16.2. The summed E-state index contributed by atoms with van der Waals surface area (Å²) in [4.78, 5) is 28.2. The molecule has 2 saturated heterocycles. The Morgan fingerprint density at radius 3 is 2.67 bits per heavy atom. The molecule has 0 unspecified atom stereocenters. The fourth-order valence-electron chi connectivity index (χ4n) is 3.63. The van der Waals surface area contributed by atoms with Crippen molar-refractivity contribution in [2.24, 2.45) is 0 Å². The minimum atomic E-state index is -0.0148. The van der Waals surface area contributed by atoms with Crippen molar-refractivity contribution in [2.75, 3.05) is 19.6 Å². The Hall–Kier alpha value is -1.98. The van der Waals surface area contributed by atoms with Gasteiger partial charge < -0.3 is 9.80 Å². The standard InChI is InChI=1S/C15H20N4O2/c1-2-19-13(20)3-5-15(19)6-9-18(10-7-15)14(21)12-4-8-16-17-11-12/h4,8,11H,2-3,5-7,9-10H2,1H3. The van der Waals surface area contributed by atoms with Gasteiger partial charge in [-0.25, -0.2) is 0 Å². The van der Waals surface area contributed by atoms with Crippen LogP contribution in [0.5, 0.6) is 0 Å². The van der Waals surface area contributed by atoms with Gasteiger partial charge in [-0.1, -0.05) is 0 Å². The first-order valence-corrected chi connectivity index (χ1v) is 7.53. The second kappa shape index (κ2) is 5.42. The van der Waals surface area contributed by atoms with E-state index in [2.05, 4.69) is 10.2 Å². The predicted molar refractivity (Wildman–Crippen MR) is 76.5 cm³/mol. The first-order chi connectivity index (χ1) is 10.2. The van der Waals surface area contributed by atoms with Crippen LogP contribution in [0.4, 0.5) is 0 Å². The quantitative estimate of drug-likeness (QED) is 0.817. The summed E-state index contributed by atoms with van der Waals surface area (Å²) in [5, 5.41) is 7.45. The molecule has 2 amide bonds. The molecule has 2 aliphatic heterocycles. The van der Waals surface area contributed by atoms with Gasteiger partial charge in [0, 0.05) is 31.6 Å². The summed E-state index contributed by atoms with van der Waals surface area (Å²) in [6.07, 6.45) is 6.36. The highest BCUT2D eigenvalue weighted by molar-refractivity contribution is 5.93. The van der Waals surface area contributed by atoms with E-state index in [0.29, 0.717) is 25.1 Å². The van der Waals surface area contributed by atoms with E-state index in [-0.39, 0.29) is 17.4 Å². The van der Waals surface area contributed by atoms with Gasteiger partial charge in [-0.05, 0) is 32.3 Å². The number of amides is 2. The van der Waals surface area contributed by atoms with Crippen molar-refractivity contribution in [3.63, 3.8) is 0 Å². The molecule has 2 aliphatic rings. The lowest BCUT2D eigenvalue weighted by Crippen LogP contribution is -2.54. The summed E-state index contributed by atoms with van der Waals surface area (Å²) in [6, 6.07) is 1.69. The molecule has 6 heteroatoms. The normalized spacial score (nSPS) is 21.1. The van der Waals surface area contributed by atoms with E-state index >= 15 is 0 Å². The first kappa shape index (κ1) is 14.0. The zero-order valence-electron chi connectivity index (χ0n) is 12.3. The molecule has 3 heterocycles. The van der Waals surface area contributed by atoms with Crippen LogP contribution in [-0.4, -0.2) is 57.0 Å². The topological polar surface area (TPSA) is 66.4 Å². The Kier molecular flexibility index (Phi) is 3.61. The summed E-state index contributed by atoms with van der Waals surface area (Å²) >= 11 is 0. The fourth-order valence-corrected chi connectivity index (χ4v) is 3.63. The van der Waals surface area contributed by atoms with Gasteiger partial charge >= 0.3 is 0 Å². The summed E-state index contributed by atoms with van der Waals surface area (Å²) in [7, 11) is 0. The number of carbonyl (C=O) groups excluding carboxylic acids is 2. The summed E-state index contributed by atoms with van der Waals surface area (Å²) in [5.74, 6) is 0.266. The summed E-state index contributed by atoms with van der Waals surface area (Å²) in [6.45, 7) is 4.20. The Morgan fingerprint density at radius 1 is 1.29 bits per heavy atom. The number of likely N-dealkylation sites (tertiary alicyclic amines) is 2. The highest BCUT2D eigenvalue weighted by Gasteiger charge is 2.46. The zero-order valence-corrected chi connectivity index (χ0v) is 12.3. The van der Waals surface area contributed by atoms with Gasteiger partial charge in [0.05, 0.1) is 18.0 Å². The summed E-state index contributed by atoms with van der Waals surface area (Å²) < 4.78 is 0. The molecule has 0 aromatic carbocycles. The first-order valence-electron chi connectivity index (χ1n) is 7.53. The smallest absolute Gasteiger partial charge is 0.255 e. The Morgan fingerprint density at radius 2 is 2.05 bits per heavy atom. The third-order valence-electron chi connectivity index (χ3n) is 4.81. The minimum Gasteiger partial charge on any atom is -0.338 e. The molecule has 3 rings (SSSR count). The van der Waals surface area contributed by atoms with Gasteiger partial charge in [-0.3, -0.25) is 9.59 Å². The highest BCUT2D eigenvalue weighted by Crippen LogP contribution is 2.39. The molecular weight excluding hydrogens is 268 g/mol. The molecule has 0 radical (unpaired) electrons. The molecule has 1 spiro atoms. The molecular formula is C15H20N4O2. The largest absolute Gasteiger partial charge is 0.338 e. The average molecular weight is 288 g/mol. The van der Waals surface area contributed by atoms with Crippen molar-refractivity contribution in [2.45, 2.75) is 38.1 Å². The number of aromatic nitrogens is 2. The number of carbonyl (C=O) groups is 2. The third kappa shape index (κ3) is 2.39. The van der Waals surface area contributed by atoms with E-state index in [1.807, 2.05) is 16.7 Å². The van der Waals surface area contributed by atoms with Crippen LogP contribution in [0.15, 0.2) is 18.5 Å². The molecule has 0 bridgehead atoms. The van der Waals surface area contributed by atoms with Gasteiger partial charge in [-0.2, -0.15) is 10.2 Å². The number of rotatable bonds is 2. The molecule has 112 valence electrons. The van der Waals surface area contributed by atoms with Crippen LogP contribution in [-0.2, 0) is 4.79 Å². The Bertz CT molecular complexity index is 538. The lowest BCUT2D eigenvalue weighted by Gasteiger charge is -2.44. The van der Waals surface area contributed by atoms with E-state index in [4.69, 9.17) is 0 Å². The molecule has 6 nitrogen and oxygen atoms in total. The van der Waals surface area contributed by atoms with Crippen LogP contribution in [0.1, 0.15) is 43.0 Å². The van der Waals surface area contributed by atoms with E-state index in [1.54, 1.807) is 6.07 Å². The van der Waals surface area contributed by atoms with E-state index in [9.17, 15) is 9.59 Å². The van der Waals surface area contributed by atoms with Gasteiger partial charge in [0.25, 0.3) is 5.91 Å². The van der Waals surface area contributed by atoms with Gasteiger partial charge in [0.1, 0.15) is 0 Å². The SMILES string of the molecule is CCN1C(=O)CCC12CCN(C(=O)c1ccnnc1)CC2. The zero-order chi connectivity index (χ0) is 14.9. The molecule has 1 aromatic heterocycles. The maximum absolute atomic E-state index is 12.4. The van der Waals surface area contributed by atoms with Crippen LogP contribution in [0.3, 0.4) is 0 Å². The molecule has 2 fully saturated rings. The maximum Gasteiger partial charge on any atom is 0.255 e. The van der Waals surface area contributed by atoms with Crippen LogP contribution in [0.25, 0.3) is 0 Å².